The minimum atomic E-state index is -0.795. The summed E-state index contributed by atoms with van der Waals surface area (Å²) in [5.74, 6) is -0.456. The number of benzene rings is 1. The fraction of sp³-hybridized carbons (Fsp3) is 0.250. The number of aromatic hydroxyl groups is 2. The van der Waals surface area contributed by atoms with E-state index in [4.69, 9.17) is 15.9 Å². The first-order valence-electron chi connectivity index (χ1n) is 3.55. The highest BCUT2D eigenvalue weighted by atomic mass is 16.3. The van der Waals surface area contributed by atoms with Crippen molar-refractivity contribution in [2.75, 3.05) is 6.54 Å². The highest BCUT2D eigenvalue weighted by molar-refractivity contribution is 5.41. The lowest BCUT2D eigenvalue weighted by Gasteiger charge is -2.08. The SMILES string of the molecule is N.NC[C@H](O)c1ccc(O)c(O)c1. The maximum atomic E-state index is 9.23. The quantitative estimate of drug-likeness (QED) is 0.424. The molecule has 5 heteroatoms. The molecule has 0 aliphatic heterocycles. The van der Waals surface area contributed by atoms with Crippen LogP contribution in [0.1, 0.15) is 11.7 Å². The predicted octanol–water partition coefficient (Wildman–Crippen LogP) is 0.252. The van der Waals surface area contributed by atoms with Gasteiger partial charge in [-0.15, -0.1) is 0 Å². The molecule has 8 N–H and O–H groups in total. The molecular weight excluding hydrogens is 172 g/mol. The maximum absolute atomic E-state index is 9.23. The van der Waals surface area contributed by atoms with Crippen LogP contribution in [0.5, 0.6) is 11.5 Å². The van der Waals surface area contributed by atoms with Gasteiger partial charge < -0.3 is 27.2 Å². The number of hydrogen-bond acceptors (Lipinski definition) is 5. The molecule has 1 aromatic carbocycles. The van der Waals surface area contributed by atoms with Gasteiger partial charge in [-0.3, -0.25) is 0 Å². The van der Waals surface area contributed by atoms with Crippen LogP contribution in [0.25, 0.3) is 0 Å². The lowest BCUT2D eigenvalue weighted by molar-refractivity contribution is 0.186. The van der Waals surface area contributed by atoms with Crippen LogP contribution in [-0.4, -0.2) is 21.9 Å². The van der Waals surface area contributed by atoms with Crippen LogP contribution >= 0.6 is 0 Å². The van der Waals surface area contributed by atoms with E-state index in [1.54, 1.807) is 0 Å². The van der Waals surface area contributed by atoms with Crippen LogP contribution in [0.15, 0.2) is 18.2 Å². The largest absolute Gasteiger partial charge is 0.504 e. The third-order valence-corrected chi connectivity index (χ3v) is 1.61. The van der Waals surface area contributed by atoms with Crippen molar-refractivity contribution in [2.24, 2.45) is 5.73 Å². The average molecular weight is 186 g/mol. The van der Waals surface area contributed by atoms with Crippen LogP contribution in [0.2, 0.25) is 0 Å². The Bertz CT molecular complexity index is 278. The van der Waals surface area contributed by atoms with Crippen molar-refractivity contribution >= 4 is 0 Å². The predicted molar refractivity (Wildman–Crippen MR) is 48.8 cm³/mol. The number of aliphatic hydroxyl groups excluding tert-OH is 1. The first-order valence-corrected chi connectivity index (χ1v) is 3.55. The topological polar surface area (TPSA) is 122 Å². The molecule has 0 aliphatic carbocycles. The van der Waals surface area contributed by atoms with Crippen LogP contribution in [-0.2, 0) is 0 Å². The molecule has 0 radical (unpaired) electrons. The van der Waals surface area contributed by atoms with Crippen molar-refractivity contribution in [3.8, 4) is 11.5 Å². The normalized spacial score (nSPS) is 11.8. The van der Waals surface area contributed by atoms with E-state index in [0.29, 0.717) is 5.56 Å². The Morgan fingerprint density at radius 2 is 1.85 bits per heavy atom. The molecule has 0 aromatic heterocycles. The average Bonchev–Trinajstić information content (AvgIpc) is 2.08. The van der Waals surface area contributed by atoms with Gasteiger partial charge in [0.2, 0.25) is 0 Å². The molecule has 1 aromatic rings. The minimum absolute atomic E-state index is 0. The van der Waals surface area contributed by atoms with E-state index in [1.165, 1.54) is 18.2 Å². The maximum Gasteiger partial charge on any atom is 0.157 e. The van der Waals surface area contributed by atoms with Gasteiger partial charge in [0.1, 0.15) is 0 Å². The summed E-state index contributed by atoms with van der Waals surface area (Å²) in [6.07, 6.45) is -0.795. The summed E-state index contributed by atoms with van der Waals surface area (Å²) in [6.45, 7) is 0.0875. The molecule has 0 spiro atoms. The summed E-state index contributed by atoms with van der Waals surface area (Å²) in [6, 6.07) is 4.10. The molecule has 0 amide bonds. The summed E-state index contributed by atoms with van der Waals surface area (Å²) >= 11 is 0. The van der Waals surface area contributed by atoms with E-state index in [9.17, 15) is 5.11 Å². The van der Waals surface area contributed by atoms with Crippen LogP contribution in [0.4, 0.5) is 0 Å². The Morgan fingerprint density at radius 1 is 1.23 bits per heavy atom. The molecule has 0 saturated carbocycles. The molecule has 13 heavy (non-hydrogen) atoms. The van der Waals surface area contributed by atoms with Crippen LogP contribution in [0.3, 0.4) is 0 Å². The van der Waals surface area contributed by atoms with E-state index in [0.717, 1.165) is 0 Å². The third-order valence-electron chi connectivity index (χ3n) is 1.61. The minimum Gasteiger partial charge on any atom is -0.504 e. The van der Waals surface area contributed by atoms with Crippen LogP contribution < -0.4 is 11.9 Å². The summed E-state index contributed by atoms with van der Waals surface area (Å²) in [5.41, 5.74) is 5.69. The zero-order valence-electron chi connectivity index (χ0n) is 7.14. The fourth-order valence-electron chi connectivity index (χ4n) is 0.884. The number of phenolic OH excluding ortho intramolecular Hbond substituents is 2. The second-order valence-corrected chi connectivity index (χ2v) is 2.50. The molecular formula is C8H14N2O3. The standard InChI is InChI=1S/C8H11NO3.H3N/c9-4-8(12)5-1-2-6(10)7(11)3-5;/h1-3,8,10-12H,4,9H2;1H3/t8-;/m0./s1. The summed E-state index contributed by atoms with van der Waals surface area (Å²) in [5, 5.41) is 27.2. The van der Waals surface area contributed by atoms with Gasteiger partial charge in [0.25, 0.3) is 0 Å². The molecule has 1 rings (SSSR count). The van der Waals surface area contributed by atoms with Gasteiger partial charge in [0, 0.05) is 6.54 Å². The molecule has 0 saturated heterocycles. The van der Waals surface area contributed by atoms with Gasteiger partial charge in [-0.1, -0.05) is 6.07 Å². The number of hydrogen-bond donors (Lipinski definition) is 5. The highest BCUT2D eigenvalue weighted by Crippen LogP contribution is 2.27. The second-order valence-electron chi connectivity index (χ2n) is 2.50. The Labute approximate surface area is 76.0 Å². The summed E-state index contributed by atoms with van der Waals surface area (Å²) in [7, 11) is 0. The van der Waals surface area contributed by atoms with Crippen molar-refractivity contribution in [1.29, 1.82) is 0 Å². The monoisotopic (exact) mass is 186 g/mol. The Hall–Kier alpha value is -1.30. The fourth-order valence-corrected chi connectivity index (χ4v) is 0.884. The van der Waals surface area contributed by atoms with Crippen molar-refractivity contribution in [1.82, 2.24) is 6.15 Å². The number of nitrogens with two attached hydrogens (primary N) is 1. The summed E-state index contributed by atoms with van der Waals surface area (Å²) < 4.78 is 0. The van der Waals surface area contributed by atoms with Crippen LogP contribution in [0, 0.1) is 0 Å². The van der Waals surface area contributed by atoms with Gasteiger partial charge in [-0.2, -0.15) is 0 Å². The van der Waals surface area contributed by atoms with E-state index in [-0.39, 0.29) is 24.2 Å². The van der Waals surface area contributed by atoms with Crippen molar-refractivity contribution < 1.29 is 15.3 Å². The molecule has 74 valence electrons. The van der Waals surface area contributed by atoms with Crippen molar-refractivity contribution in [2.45, 2.75) is 6.10 Å². The zero-order chi connectivity index (χ0) is 9.14. The van der Waals surface area contributed by atoms with Crippen molar-refractivity contribution in [3.05, 3.63) is 23.8 Å². The molecule has 0 heterocycles. The Kier molecular flexibility index (Phi) is 4.19. The Balaban J connectivity index is 0.00000144. The number of aliphatic hydroxyl groups is 1. The smallest absolute Gasteiger partial charge is 0.157 e. The lowest BCUT2D eigenvalue weighted by Crippen LogP contribution is -2.11. The van der Waals surface area contributed by atoms with Gasteiger partial charge in [-0.25, -0.2) is 0 Å². The second kappa shape index (κ2) is 4.66. The highest BCUT2D eigenvalue weighted by Gasteiger charge is 2.07. The molecule has 0 bridgehead atoms. The molecule has 1 atom stereocenters. The molecule has 0 fully saturated rings. The van der Waals surface area contributed by atoms with E-state index in [1.807, 2.05) is 0 Å². The molecule has 5 nitrogen and oxygen atoms in total. The lowest BCUT2D eigenvalue weighted by atomic mass is 10.1. The van der Waals surface area contributed by atoms with E-state index in [2.05, 4.69) is 0 Å². The van der Waals surface area contributed by atoms with Gasteiger partial charge >= 0.3 is 0 Å². The van der Waals surface area contributed by atoms with E-state index < -0.39 is 6.10 Å². The van der Waals surface area contributed by atoms with Crippen molar-refractivity contribution in [3.63, 3.8) is 0 Å². The Morgan fingerprint density at radius 3 is 2.31 bits per heavy atom. The molecule has 0 aliphatic rings. The first kappa shape index (κ1) is 11.7. The summed E-state index contributed by atoms with van der Waals surface area (Å²) in [4.78, 5) is 0. The number of phenols is 2. The van der Waals surface area contributed by atoms with E-state index >= 15 is 0 Å². The van der Waals surface area contributed by atoms with Gasteiger partial charge in [0.15, 0.2) is 11.5 Å². The van der Waals surface area contributed by atoms with Gasteiger partial charge in [0.05, 0.1) is 6.10 Å². The zero-order valence-corrected chi connectivity index (χ0v) is 7.14. The molecule has 0 unspecified atom stereocenters. The third kappa shape index (κ3) is 2.59. The first-order chi connectivity index (χ1) is 5.65. The number of rotatable bonds is 2. The van der Waals surface area contributed by atoms with Gasteiger partial charge in [-0.05, 0) is 17.7 Å².